The van der Waals surface area contributed by atoms with Crippen LogP contribution in [0.15, 0.2) is 36.4 Å². The molecule has 1 fully saturated rings. The summed E-state index contributed by atoms with van der Waals surface area (Å²) in [6.45, 7) is 10.9. The minimum atomic E-state index is -0.711. The van der Waals surface area contributed by atoms with Gasteiger partial charge in [0, 0.05) is 26.2 Å². The van der Waals surface area contributed by atoms with E-state index in [1.165, 1.54) is 18.4 Å². The number of carbonyl (C=O) groups excluding carboxylic acids is 1. The Balaban J connectivity index is 1.61. The number of imidazole rings is 1. The maximum absolute atomic E-state index is 14.4. The largest absolute Gasteiger partial charge is 0.331 e. The summed E-state index contributed by atoms with van der Waals surface area (Å²) in [4.78, 5) is 22.3. The Kier molecular flexibility index (Phi) is 8.72. The van der Waals surface area contributed by atoms with Crippen LogP contribution in [0.1, 0.15) is 74.6 Å². The van der Waals surface area contributed by atoms with Crippen molar-refractivity contribution in [3.63, 3.8) is 0 Å². The number of amides is 1. The van der Waals surface area contributed by atoms with Crippen molar-refractivity contribution in [3.05, 3.63) is 65.0 Å². The molecule has 0 aliphatic heterocycles. The second-order valence-electron chi connectivity index (χ2n) is 10.0. The van der Waals surface area contributed by atoms with Crippen molar-refractivity contribution in [2.24, 2.45) is 5.92 Å². The topological polar surface area (TPSA) is 41.4 Å². The maximum atomic E-state index is 14.4. The summed E-state index contributed by atoms with van der Waals surface area (Å²) in [7, 11) is 0. The highest BCUT2D eigenvalue weighted by Crippen LogP contribution is 2.30. The molecular formula is C29H38F2N4O. The molecule has 0 atom stereocenters. The van der Waals surface area contributed by atoms with Gasteiger partial charge in [0.2, 0.25) is 0 Å². The molecule has 3 aromatic rings. The number of hydrogen-bond donors (Lipinski definition) is 0. The predicted molar refractivity (Wildman–Crippen MR) is 140 cm³/mol. The first kappa shape index (κ1) is 26.3. The number of aromatic nitrogens is 2. The molecule has 1 saturated carbocycles. The summed E-state index contributed by atoms with van der Waals surface area (Å²) in [5, 5.41) is 0. The molecule has 1 amide bonds. The van der Waals surface area contributed by atoms with Crippen LogP contribution >= 0.6 is 0 Å². The van der Waals surface area contributed by atoms with E-state index in [0.717, 1.165) is 80.0 Å². The lowest BCUT2D eigenvalue weighted by Gasteiger charge is -2.23. The third-order valence-corrected chi connectivity index (χ3v) is 6.77. The molecule has 0 N–H and O–H groups in total. The molecule has 1 heterocycles. The molecule has 0 spiro atoms. The van der Waals surface area contributed by atoms with Crippen molar-refractivity contribution in [2.75, 3.05) is 19.6 Å². The first-order valence-electron chi connectivity index (χ1n) is 13.4. The second kappa shape index (κ2) is 12.0. The summed E-state index contributed by atoms with van der Waals surface area (Å²) >= 11 is 0. The quantitative estimate of drug-likeness (QED) is 0.275. The molecule has 0 bridgehead atoms. The van der Waals surface area contributed by atoms with Crippen molar-refractivity contribution in [2.45, 2.75) is 72.5 Å². The van der Waals surface area contributed by atoms with E-state index in [-0.39, 0.29) is 12.1 Å². The van der Waals surface area contributed by atoms with Crippen LogP contribution in [0.4, 0.5) is 8.78 Å². The fourth-order valence-electron chi connectivity index (χ4n) is 4.92. The Morgan fingerprint density at radius 3 is 2.47 bits per heavy atom. The van der Waals surface area contributed by atoms with Gasteiger partial charge >= 0.3 is 0 Å². The van der Waals surface area contributed by atoms with Crippen LogP contribution in [0.25, 0.3) is 11.0 Å². The summed E-state index contributed by atoms with van der Waals surface area (Å²) in [5.41, 5.74) is 2.96. The van der Waals surface area contributed by atoms with Gasteiger partial charge in [0.05, 0.1) is 23.1 Å². The summed E-state index contributed by atoms with van der Waals surface area (Å²) in [5.74, 6) is -0.232. The fraction of sp³-hybridized carbons (Fsp3) is 0.517. The third-order valence-electron chi connectivity index (χ3n) is 6.77. The van der Waals surface area contributed by atoms with E-state index in [0.29, 0.717) is 13.0 Å². The fourth-order valence-corrected chi connectivity index (χ4v) is 4.92. The smallest absolute Gasteiger partial charge is 0.257 e. The lowest BCUT2D eigenvalue weighted by atomic mass is 10.1. The number of nitrogens with zero attached hydrogens (tertiary/aromatic N) is 4. The highest BCUT2D eigenvalue weighted by Gasteiger charge is 2.25. The van der Waals surface area contributed by atoms with E-state index in [2.05, 4.69) is 41.5 Å². The first-order chi connectivity index (χ1) is 17.4. The molecule has 5 nitrogen and oxygen atoms in total. The third kappa shape index (κ3) is 6.30. The van der Waals surface area contributed by atoms with E-state index in [1.54, 1.807) is 4.90 Å². The maximum Gasteiger partial charge on any atom is 0.257 e. The SMILES string of the molecule is CCCN(Cc1ccc2c(c1)nc(CN(CCC)C(=O)c1cc(F)ccc1F)n2CCC)CC1CC1. The van der Waals surface area contributed by atoms with Crippen LogP contribution in [0.2, 0.25) is 0 Å². The number of fused-ring (bicyclic) bond motifs is 1. The van der Waals surface area contributed by atoms with Crippen LogP contribution in [-0.2, 0) is 19.6 Å². The van der Waals surface area contributed by atoms with Crippen LogP contribution < -0.4 is 0 Å². The monoisotopic (exact) mass is 496 g/mol. The van der Waals surface area contributed by atoms with Crippen LogP contribution in [0.5, 0.6) is 0 Å². The summed E-state index contributed by atoms with van der Waals surface area (Å²) in [6.07, 6.45) is 5.45. The Labute approximate surface area is 213 Å². The molecule has 1 aliphatic rings. The zero-order valence-corrected chi connectivity index (χ0v) is 21.8. The first-order valence-corrected chi connectivity index (χ1v) is 13.4. The van der Waals surface area contributed by atoms with Gasteiger partial charge in [-0.05, 0) is 80.5 Å². The number of carbonyl (C=O) groups is 1. The molecule has 7 heteroatoms. The van der Waals surface area contributed by atoms with E-state index in [4.69, 9.17) is 4.98 Å². The molecule has 2 aromatic carbocycles. The Morgan fingerprint density at radius 2 is 1.78 bits per heavy atom. The standard InChI is InChI=1S/C29H38F2N4O/c1-4-13-33(18-21-7-8-21)19-22-9-12-27-26(16-22)32-28(35(27)15-6-3)20-34(14-5-2)29(36)24-17-23(30)10-11-25(24)31/h9-12,16-17,21H,4-8,13-15,18-20H2,1-3H3. The molecule has 1 aromatic heterocycles. The molecule has 0 saturated heterocycles. The van der Waals surface area contributed by atoms with E-state index < -0.39 is 17.5 Å². The van der Waals surface area contributed by atoms with Gasteiger partial charge in [-0.25, -0.2) is 13.8 Å². The molecule has 4 rings (SSSR count). The highest BCUT2D eigenvalue weighted by molar-refractivity contribution is 5.94. The Hall–Kier alpha value is -2.80. The molecule has 194 valence electrons. The number of aryl methyl sites for hydroxylation is 1. The lowest BCUT2D eigenvalue weighted by molar-refractivity contribution is 0.0732. The minimum Gasteiger partial charge on any atom is -0.331 e. The Bertz CT molecular complexity index is 1190. The van der Waals surface area contributed by atoms with Crippen molar-refractivity contribution in [1.29, 1.82) is 0 Å². The summed E-state index contributed by atoms with van der Waals surface area (Å²) < 4.78 is 30.3. The van der Waals surface area contributed by atoms with Gasteiger partial charge in [0.1, 0.15) is 17.5 Å². The van der Waals surface area contributed by atoms with Gasteiger partial charge in [-0.3, -0.25) is 9.69 Å². The van der Waals surface area contributed by atoms with Crippen molar-refractivity contribution in [1.82, 2.24) is 19.4 Å². The number of halogens is 2. The predicted octanol–water partition coefficient (Wildman–Crippen LogP) is 6.40. The van der Waals surface area contributed by atoms with Crippen LogP contribution in [0, 0.1) is 17.6 Å². The van der Waals surface area contributed by atoms with E-state index >= 15 is 0 Å². The van der Waals surface area contributed by atoms with Gasteiger partial charge in [0.15, 0.2) is 0 Å². The van der Waals surface area contributed by atoms with Gasteiger partial charge in [0.25, 0.3) is 5.91 Å². The Morgan fingerprint density at radius 1 is 1.00 bits per heavy atom. The second-order valence-corrected chi connectivity index (χ2v) is 10.0. The highest BCUT2D eigenvalue weighted by atomic mass is 19.1. The molecular weight excluding hydrogens is 458 g/mol. The number of hydrogen-bond acceptors (Lipinski definition) is 3. The molecule has 1 aliphatic carbocycles. The molecule has 36 heavy (non-hydrogen) atoms. The lowest BCUT2D eigenvalue weighted by Crippen LogP contribution is -2.33. The molecule has 0 radical (unpaired) electrons. The van der Waals surface area contributed by atoms with Crippen molar-refractivity contribution >= 4 is 16.9 Å². The van der Waals surface area contributed by atoms with Gasteiger partial charge in [-0.15, -0.1) is 0 Å². The number of rotatable bonds is 13. The number of benzene rings is 2. The van der Waals surface area contributed by atoms with Crippen molar-refractivity contribution < 1.29 is 13.6 Å². The average Bonchev–Trinajstić information content (AvgIpc) is 3.61. The van der Waals surface area contributed by atoms with Gasteiger partial charge in [-0.1, -0.05) is 26.8 Å². The zero-order chi connectivity index (χ0) is 25.7. The normalized spacial score (nSPS) is 13.6. The zero-order valence-electron chi connectivity index (χ0n) is 21.8. The van der Waals surface area contributed by atoms with E-state index in [1.807, 2.05) is 6.92 Å². The van der Waals surface area contributed by atoms with Crippen LogP contribution in [0.3, 0.4) is 0 Å². The van der Waals surface area contributed by atoms with Gasteiger partial charge < -0.3 is 9.47 Å². The van der Waals surface area contributed by atoms with E-state index in [9.17, 15) is 13.6 Å². The minimum absolute atomic E-state index is 0.240. The summed E-state index contributed by atoms with van der Waals surface area (Å²) in [6, 6.07) is 9.50. The molecule has 0 unspecified atom stereocenters. The van der Waals surface area contributed by atoms with Crippen LogP contribution in [-0.4, -0.2) is 44.9 Å². The van der Waals surface area contributed by atoms with Gasteiger partial charge in [-0.2, -0.15) is 0 Å². The van der Waals surface area contributed by atoms with Crippen molar-refractivity contribution in [3.8, 4) is 0 Å². The average molecular weight is 497 g/mol.